The number of imidazole rings is 1. The first kappa shape index (κ1) is 22.1. The van der Waals surface area contributed by atoms with Crippen molar-refractivity contribution in [1.29, 1.82) is 0 Å². The molecule has 1 aliphatic rings. The van der Waals surface area contributed by atoms with E-state index in [4.69, 9.17) is 4.74 Å². The van der Waals surface area contributed by atoms with Crippen molar-refractivity contribution in [3.63, 3.8) is 0 Å². The highest BCUT2D eigenvalue weighted by atomic mass is 16.5. The summed E-state index contributed by atoms with van der Waals surface area (Å²) in [5, 5.41) is 3.40. The molecule has 176 valence electrons. The highest BCUT2D eigenvalue weighted by Gasteiger charge is 2.50. The number of benzene rings is 3. The van der Waals surface area contributed by atoms with Crippen molar-refractivity contribution in [2.45, 2.75) is 25.6 Å². The number of nitrogens with zero attached hydrogens (tertiary/aromatic N) is 3. The van der Waals surface area contributed by atoms with Crippen molar-refractivity contribution in [1.82, 2.24) is 25.3 Å². The van der Waals surface area contributed by atoms with Crippen molar-refractivity contribution in [3.8, 4) is 5.75 Å². The Morgan fingerprint density at radius 1 is 0.971 bits per heavy atom. The van der Waals surface area contributed by atoms with Gasteiger partial charge in [-0.25, -0.2) is 9.78 Å². The molecule has 0 aliphatic carbocycles. The molecule has 35 heavy (non-hydrogen) atoms. The highest BCUT2D eigenvalue weighted by Crippen LogP contribution is 2.27. The quantitative estimate of drug-likeness (QED) is 0.405. The Bertz CT molecular complexity index is 1400. The Morgan fingerprint density at radius 2 is 1.63 bits per heavy atom. The van der Waals surface area contributed by atoms with Crippen LogP contribution in [0.2, 0.25) is 0 Å². The van der Waals surface area contributed by atoms with Crippen LogP contribution in [0.3, 0.4) is 0 Å². The van der Waals surface area contributed by atoms with Gasteiger partial charge in [0.1, 0.15) is 30.3 Å². The van der Waals surface area contributed by atoms with Crippen LogP contribution >= 0.6 is 0 Å². The van der Waals surface area contributed by atoms with Crippen LogP contribution in [0.25, 0.3) is 11.0 Å². The van der Waals surface area contributed by atoms with E-state index in [2.05, 4.69) is 15.7 Å². The Hall–Kier alpha value is -4.66. The van der Waals surface area contributed by atoms with Gasteiger partial charge in [-0.05, 0) is 36.8 Å². The molecule has 2 N–H and O–H groups in total. The minimum atomic E-state index is -1.28. The minimum absolute atomic E-state index is 0.140. The fourth-order valence-corrected chi connectivity index (χ4v) is 4.09. The predicted molar refractivity (Wildman–Crippen MR) is 128 cm³/mol. The molecule has 1 saturated heterocycles. The van der Waals surface area contributed by atoms with E-state index < -0.39 is 23.4 Å². The maximum atomic E-state index is 13.1. The maximum Gasteiger partial charge on any atom is 0.344 e. The third-order valence-electron chi connectivity index (χ3n) is 5.92. The van der Waals surface area contributed by atoms with Gasteiger partial charge in [-0.2, -0.15) is 5.01 Å². The molecule has 4 aromatic rings. The van der Waals surface area contributed by atoms with Crippen LogP contribution in [-0.2, 0) is 28.3 Å². The fourth-order valence-electron chi connectivity index (χ4n) is 4.09. The molecule has 3 aromatic carbocycles. The molecule has 4 amide bonds. The molecular weight excluding hydrogens is 446 g/mol. The molecule has 1 aliphatic heterocycles. The maximum absolute atomic E-state index is 13.1. The standard InChI is InChI=1S/C26H23N5O4/c1-26(18-10-4-2-5-11-18)24(33)31(25(34)28-26)29-23(32)16-30-21-15-9-8-14-20(21)27-22(30)17-35-19-12-6-3-7-13-19/h2-15H,16-17H2,1H3,(H,28,34)(H,29,32). The van der Waals surface area contributed by atoms with Crippen LogP contribution in [0.5, 0.6) is 5.75 Å². The SMILES string of the molecule is CC1(c2ccccc2)NC(=O)N(NC(=O)Cn2c(COc3ccccc3)nc3ccccc32)C1=O. The van der Waals surface area contributed by atoms with Crippen molar-refractivity contribution in [2.24, 2.45) is 0 Å². The monoisotopic (exact) mass is 469 g/mol. The van der Waals surface area contributed by atoms with Crippen molar-refractivity contribution in [3.05, 3.63) is 96.3 Å². The van der Waals surface area contributed by atoms with Crippen molar-refractivity contribution in [2.75, 3.05) is 0 Å². The third kappa shape index (κ3) is 4.19. The number of hydrogen-bond donors (Lipinski definition) is 2. The summed E-state index contributed by atoms with van der Waals surface area (Å²) < 4.78 is 7.55. The Morgan fingerprint density at radius 3 is 2.37 bits per heavy atom. The summed E-state index contributed by atoms with van der Waals surface area (Å²) in [6.45, 7) is 1.59. The second kappa shape index (κ2) is 8.94. The van der Waals surface area contributed by atoms with E-state index in [1.54, 1.807) is 35.8 Å². The summed E-state index contributed by atoms with van der Waals surface area (Å²) in [6, 6.07) is 24.9. The number of hydrogen-bond acceptors (Lipinski definition) is 5. The summed E-state index contributed by atoms with van der Waals surface area (Å²) in [5.74, 6) is 0.103. The summed E-state index contributed by atoms with van der Waals surface area (Å²) in [7, 11) is 0. The number of fused-ring (bicyclic) bond motifs is 1. The van der Waals surface area contributed by atoms with Gasteiger partial charge in [-0.3, -0.25) is 15.0 Å². The van der Waals surface area contributed by atoms with Crippen LogP contribution in [-0.4, -0.2) is 32.4 Å². The average Bonchev–Trinajstić information content (AvgIpc) is 3.33. The molecule has 5 rings (SSSR count). The van der Waals surface area contributed by atoms with E-state index in [1.165, 1.54) is 0 Å². The number of urea groups is 1. The molecule has 0 spiro atoms. The van der Waals surface area contributed by atoms with Gasteiger partial charge in [0, 0.05) is 0 Å². The zero-order valence-electron chi connectivity index (χ0n) is 19.0. The second-order valence-corrected chi connectivity index (χ2v) is 8.30. The lowest BCUT2D eigenvalue weighted by Gasteiger charge is -2.22. The number of amides is 4. The molecular formula is C26H23N5O4. The topological polar surface area (TPSA) is 106 Å². The lowest BCUT2D eigenvalue weighted by atomic mass is 9.92. The van der Waals surface area contributed by atoms with E-state index in [9.17, 15) is 14.4 Å². The van der Waals surface area contributed by atoms with Crippen LogP contribution in [0.15, 0.2) is 84.9 Å². The normalized spacial score (nSPS) is 17.5. The Kier molecular flexibility index (Phi) is 5.66. The first-order chi connectivity index (χ1) is 17.0. The molecule has 1 atom stereocenters. The molecule has 9 heteroatoms. The van der Waals surface area contributed by atoms with Crippen molar-refractivity contribution < 1.29 is 19.1 Å². The summed E-state index contributed by atoms with van der Waals surface area (Å²) in [6.07, 6.45) is 0. The minimum Gasteiger partial charge on any atom is -0.486 e. The van der Waals surface area contributed by atoms with Gasteiger partial charge >= 0.3 is 6.03 Å². The van der Waals surface area contributed by atoms with Crippen LogP contribution < -0.4 is 15.5 Å². The Labute approximate surface area is 201 Å². The number of aromatic nitrogens is 2. The number of imide groups is 1. The molecule has 0 radical (unpaired) electrons. The zero-order chi connectivity index (χ0) is 24.4. The van der Waals surface area contributed by atoms with Gasteiger partial charge < -0.3 is 14.6 Å². The Balaban J connectivity index is 1.35. The molecule has 1 unspecified atom stereocenters. The number of ether oxygens (including phenoxy) is 1. The lowest BCUT2D eigenvalue weighted by Crippen LogP contribution is -2.48. The van der Waals surface area contributed by atoms with Gasteiger partial charge in [0.15, 0.2) is 0 Å². The van der Waals surface area contributed by atoms with Gasteiger partial charge in [-0.1, -0.05) is 60.7 Å². The molecule has 2 heterocycles. The number of para-hydroxylation sites is 3. The largest absolute Gasteiger partial charge is 0.486 e. The molecule has 0 saturated carbocycles. The predicted octanol–water partition coefficient (Wildman–Crippen LogP) is 3.11. The summed E-state index contributed by atoms with van der Waals surface area (Å²) in [5.41, 5.74) is 3.24. The molecule has 0 bridgehead atoms. The highest BCUT2D eigenvalue weighted by molar-refractivity contribution is 6.08. The van der Waals surface area contributed by atoms with Crippen LogP contribution in [0.4, 0.5) is 4.79 Å². The van der Waals surface area contributed by atoms with Gasteiger partial charge in [0.2, 0.25) is 0 Å². The summed E-state index contributed by atoms with van der Waals surface area (Å²) in [4.78, 5) is 43.3. The molecule has 1 fully saturated rings. The third-order valence-corrected chi connectivity index (χ3v) is 5.92. The second-order valence-electron chi connectivity index (χ2n) is 8.30. The summed E-state index contributed by atoms with van der Waals surface area (Å²) >= 11 is 0. The smallest absolute Gasteiger partial charge is 0.344 e. The van der Waals surface area contributed by atoms with E-state index in [-0.39, 0.29) is 13.2 Å². The zero-order valence-corrected chi connectivity index (χ0v) is 19.0. The fraction of sp³-hybridized carbons (Fsp3) is 0.154. The lowest BCUT2D eigenvalue weighted by molar-refractivity contribution is -0.139. The van der Waals surface area contributed by atoms with E-state index in [1.807, 2.05) is 60.7 Å². The first-order valence-corrected chi connectivity index (χ1v) is 11.1. The number of carbonyl (C=O) groups is 3. The number of carbonyl (C=O) groups excluding carboxylic acids is 3. The van der Waals surface area contributed by atoms with Gasteiger partial charge in [0.25, 0.3) is 11.8 Å². The molecule has 9 nitrogen and oxygen atoms in total. The number of hydrazine groups is 1. The first-order valence-electron chi connectivity index (χ1n) is 11.1. The number of nitrogens with one attached hydrogen (secondary N) is 2. The molecule has 1 aromatic heterocycles. The van der Waals surface area contributed by atoms with Crippen LogP contribution in [0, 0.1) is 0 Å². The van der Waals surface area contributed by atoms with E-state index >= 15 is 0 Å². The van der Waals surface area contributed by atoms with Gasteiger partial charge in [-0.15, -0.1) is 0 Å². The van der Waals surface area contributed by atoms with E-state index in [0.717, 1.165) is 10.5 Å². The van der Waals surface area contributed by atoms with E-state index in [0.29, 0.717) is 22.7 Å². The van der Waals surface area contributed by atoms with Crippen LogP contribution in [0.1, 0.15) is 18.3 Å². The van der Waals surface area contributed by atoms with Gasteiger partial charge in [0.05, 0.1) is 11.0 Å². The number of rotatable bonds is 7. The average molecular weight is 470 g/mol. The van der Waals surface area contributed by atoms with Crippen molar-refractivity contribution >= 4 is 28.9 Å².